The number of allylic oxidation sites excluding steroid dienone is 1. The van der Waals surface area contributed by atoms with Gasteiger partial charge in [-0.1, -0.05) is 29.8 Å². The molecule has 2 amide bonds. The normalized spacial score (nSPS) is 20.6. The summed E-state index contributed by atoms with van der Waals surface area (Å²) in [6.45, 7) is 6.25. The second-order valence-corrected chi connectivity index (χ2v) is 11.1. The molecule has 0 fully saturated rings. The van der Waals surface area contributed by atoms with Gasteiger partial charge in [0.2, 0.25) is 0 Å². The second kappa shape index (κ2) is 14.4. The molecule has 4 rings (SSSR count). The van der Waals surface area contributed by atoms with E-state index in [0.29, 0.717) is 35.8 Å². The minimum atomic E-state index is -0.746. The fourth-order valence-electron chi connectivity index (χ4n) is 5.17. The first-order valence-corrected chi connectivity index (χ1v) is 14.6. The van der Waals surface area contributed by atoms with Gasteiger partial charge in [-0.15, -0.1) is 0 Å². The quantitative estimate of drug-likeness (QED) is 0.139. The summed E-state index contributed by atoms with van der Waals surface area (Å²) < 4.78 is 11.5. The van der Waals surface area contributed by atoms with Crippen molar-refractivity contribution in [3.63, 3.8) is 0 Å². The number of aliphatic imine (C=N–C) groups is 1. The van der Waals surface area contributed by atoms with Gasteiger partial charge in [0.25, 0.3) is 0 Å². The van der Waals surface area contributed by atoms with E-state index < -0.39 is 24.0 Å². The highest BCUT2D eigenvalue weighted by Gasteiger charge is 2.43. The van der Waals surface area contributed by atoms with E-state index in [2.05, 4.69) is 22.5 Å². The van der Waals surface area contributed by atoms with Gasteiger partial charge in [0.1, 0.15) is 17.8 Å². The van der Waals surface area contributed by atoms with Crippen LogP contribution in [0, 0.1) is 5.92 Å². The van der Waals surface area contributed by atoms with E-state index in [0.717, 1.165) is 30.6 Å². The highest BCUT2D eigenvalue weighted by atomic mass is 35.5. The number of urea groups is 1. The van der Waals surface area contributed by atoms with Crippen molar-refractivity contribution in [2.45, 2.75) is 64.7 Å². The number of nitrogens with one attached hydrogen (secondary N) is 1. The number of esters is 1. The Morgan fingerprint density at radius 3 is 2.63 bits per heavy atom. The highest BCUT2D eigenvalue weighted by molar-refractivity contribution is 6.30. The Bertz CT molecular complexity index is 1290. The zero-order valence-corrected chi connectivity index (χ0v) is 24.6. The van der Waals surface area contributed by atoms with Crippen LogP contribution in [0.5, 0.6) is 5.75 Å². The van der Waals surface area contributed by atoms with Crippen LogP contribution in [-0.4, -0.2) is 60.2 Å². The molecule has 1 aliphatic heterocycles. The van der Waals surface area contributed by atoms with Gasteiger partial charge in [-0.05, 0) is 101 Å². The van der Waals surface area contributed by atoms with E-state index in [-0.39, 0.29) is 24.5 Å². The first-order chi connectivity index (χ1) is 19.7. The number of ether oxygens (including phenoxy) is 2. The van der Waals surface area contributed by atoms with Crippen molar-refractivity contribution in [1.82, 2.24) is 10.2 Å². The van der Waals surface area contributed by atoms with Gasteiger partial charge in [0.05, 0.1) is 18.7 Å². The van der Waals surface area contributed by atoms with Crippen LogP contribution in [0.2, 0.25) is 5.02 Å². The summed E-state index contributed by atoms with van der Waals surface area (Å²) in [6, 6.07) is 13.4. The summed E-state index contributed by atoms with van der Waals surface area (Å²) >= 11 is 6.27. The molecule has 0 spiro atoms. The third-order valence-electron chi connectivity index (χ3n) is 7.13. The van der Waals surface area contributed by atoms with Gasteiger partial charge >= 0.3 is 12.0 Å². The van der Waals surface area contributed by atoms with Gasteiger partial charge in [0.15, 0.2) is 5.78 Å². The molecule has 1 heterocycles. The lowest BCUT2D eigenvalue weighted by Crippen LogP contribution is -2.48. The maximum Gasteiger partial charge on any atom is 0.344 e. The molecule has 2 aromatic carbocycles. The average Bonchev–Trinajstić information content (AvgIpc) is 2.94. The Balaban J connectivity index is 1.34. The van der Waals surface area contributed by atoms with Gasteiger partial charge in [0, 0.05) is 22.8 Å². The number of amides is 2. The summed E-state index contributed by atoms with van der Waals surface area (Å²) in [5.41, 5.74) is 1.76. The third kappa shape index (κ3) is 8.27. The van der Waals surface area contributed by atoms with Crippen LogP contribution in [0.3, 0.4) is 0 Å². The number of benzene rings is 2. The molecule has 1 N–H and O–H groups in total. The first kappa shape index (κ1) is 30.5. The molecule has 2 aliphatic rings. The van der Waals surface area contributed by atoms with E-state index in [1.807, 2.05) is 18.2 Å². The van der Waals surface area contributed by atoms with Crippen LogP contribution >= 0.6 is 11.6 Å². The Kier molecular flexibility index (Phi) is 10.7. The summed E-state index contributed by atoms with van der Waals surface area (Å²) in [7, 11) is 0. The molecule has 0 radical (unpaired) electrons. The van der Waals surface area contributed by atoms with Crippen LogP contribution in [-0.2, 0) is 9.53 Å². The number of nitrogens with zero attached hydrogens (tertiary/aromatic N) is 2. The van der Waals surface area contributed by atoms with E-state index in [1.165, 1.54) is 0 Å². The van der Waals surface area contributed by atoms with Crippen LogP contribution < -0.4 is 10.1 Å². The number of Topliss-reactive ketones (excluding diaryl/α,β-unsaturated/α-hetero) is 1. The van der Waals surface area contributed by atoms with E-state index in [9.17, 15) is 14.4 Å². The minimum absolute atomic E-state index is 0.0308. The molecule has 3 atom stereocenters. The largest absolute Gasteiger partial charge is 0.486 e. The summed E-state index contributed by atoms with van der Waals surface area (Å²) in [4.78, 5) is 44.6. The topological polar surface area (TPSA) is 97.3 Å². The van der Waals surface area contributed by atoms with Gasteiger partial charge in [-0.3, -0.25) is 9.59 Å². The first-order valence-electron chi connectivity index (χ1n) is 14.2. The molecule has 0 aromatic heterocycles. The van der Waals surface area contributed by atoms with Gasteiger partial charge in [-0.25, -0.2) is 9.79 Å². The van der Waals surface area contributed by atoms with E-state index in [1.54, 1.807) is 56.0 Å². The Morgan fingerprint density at radius 1 is 1.17 bits per heavy atom. The average molecular weight is 580 g/mol. The number of rotatable bonds is 12. The van der Waals surface area contributed by atoms with Crippen molar-refractivity contribution in [2.24, 2.45) is 10.9 Å². The van der Waals surface area contributed by atoms with Crippen LogP contribution in [0.1, 0.15) is 68.4 Å². The lowest BCUT2D eigenvalue weighted by atomic mass is 9.86. The molecular weight excluding hydrogens is 542 g/mol. The summed E-state index contributed by atoms with van der Waals surface area (Å²) in [6.07, 6.45) is 7.78. The monoisotopic (exact) mass is 579 g/mol. The van der Waals surface area contributed by atoms with Gasteiger partial charge < -0.3 is 19.7 Å². The number of hydrogen-bond acceptors (Lipinski definition) is 6. The molecule has 2 aromatic rings. The van der Waals surface area contributed by atoms with Crippen LogP contribution in [0.4, 0.5) is 4.79 Å². The zero-order valence-electron chi connectivity index (χ0n) is 23.8. The molecule has 8 nitrogen and oxygen atoms in total. The van der Waals surface area contributed by atoms with Crippen molar-refractivity contribution in [1.29, 1.82) is 0 Å². The Morgan fingerprint density at radius 2 is 1.95 bits per heavy atom. The maximum atomic E-state index is 13.1. The standard InChI is InChI=1S/C32H38ClN3O5/c1-21(2)40-31(38)29-22(3)35-32(39)36(30(29)24-9-7-10-25(33)19-24)18-8-17-34-20-28(37)23-13-15-27(16-14-23)41-26-11-5-4-6-12-26/h5,7,9-11,13-16,19,21,26,29-30,34H,4,6,8,12,17-18,20H2,1-3H3. The summed E-state index contributed by atoms with van der Waals surface area (Å²) in [5, 5.41) is 3.69. The highest BCUT2D eigenvalue weighted by Crippen LogP contribution is 2.36. The SMILES string of the molecule is CC1=NC(=O)N(CCCNCC(=O)c2ccc(OC3C=CCCC3)cc2)C(c2cccc(Cl)c2)C1C(=O)OC(C)C. The zero-order chi connectivity index (χ0) is 29.4. The van der Waals surface area contributed by atoms with Crippen LogP contribution in [0.15, 0.2) is 65.7 Å². The fraction of sp³-hybridized carbons (Fsp3) is 0.438. The molecule has 3 unspecified atom stereocenters. The van der Waals surface area contributed by atoms with E-state index in [4.69, 9.17) is 21.1 Å². The van der Waals surface area contributed by atoms with Crippen molar-refractivity contribution < 1.29 is 23.9 Å². The number of hydrogen-bond donors (Lipinski definition) is 1. The van der Waals surface area contributed by atoms with E-state index >= 15 is 0 Å². The lowest BCUT2D eigenvalue weighted by molar-refractivity contribution is -0.151. The predicted octanol–water partition coefficient (Wildman–Crippen LogP) is 6.20. The number of halogens is 1. The number of ketones is 1. The lowest BCUT2D eigenvalue weighted by Gasteiger charge is -2.39. The Hall–Kier alpha value is -3.49. The fourth-order valence-corrected chi connectivity index (χ4v) is 5.37. The molecular formula is C32H38ClN3O5. The predicted molar refractivity (Wildman–Crippen MR) is 160 cm³/mol. The second-order valence-electron chi connectivity index (χ2n) is 10.7. The summed E-state index contributed by atoms with van der Waals surface area (Å²) in [5.74, 6) is -0.458. The number of carbonyl (C=O) groups is 3. The third-order valence-corrected chi connectivity index (χ3v) is 7.36. The molecule has 41 heavy (non-hydrogen) atoms. The molecule has 9 heteroatoms. The molecule has 218 valence electrons. The van der Waals surface area contributed by atoms with Crippen molar-refractivity contribution >= 4 is 35.1 Å². The van der Waals surface area contributed by atoms with Crippen LogP contribution in [0.25, 0.3) is 0 Å². The Labute approximate surface area is 246 Å². The molecule has 0 saturated heterocycles. The van der Waals surface area contributed by atoms with Crippen molar-refractivity contribution in [3.05, 3.63) is 76.8 Å². The smallest absolute Gasteiger partial charge is 0.344 e. The maximum absolute atomic E-state index is 13.1. The minimum Gasteiger partial charge on any atom is -0.486 e. The molecule has 0 saturated carbocycles. The molecule has 1 aliphatic carbocycles. The molecule has 0 bridgehead atoms. The van der Waals surface area contributed by atoms with Crippen molar-refractivity contribution in [2.75, 3.05) is 19.6 Å². The van der Waals surface area contributed by atoms with Gasteiger partial charge in [-0.2, -0.15) is 0 Å². The van der Waals surface area contributed by atoms with Crippen molar-refractivity contribution in [3.8, 4) is 5.75 Å². The number of carbonyl (C=O) groups excluding carboxylic acids is 3.